The number of ether oxygens (including phenoxy) is 1. The van der Waals surface area contributed by atoms with Gasteiger partial charge in [-0.2, -0.15) is 0 Å². The molecule has 0 bridgehead atoms. The van der Waals surface area contributed by atoms with Crippen molar-refractivity contribution >= 4 is 5.91 Å². The van der Waals surface area contributed by atoms with Gasteiger partial charge in [-0.15, -0.1) is 0 Å². The number of nitrogens with one attached hydrogen (secondary N) is 1. The number of rotatable bonds is 7. The van der Waals surface area contributed by atoms with Gasteiger partial charge >= 0.3 is 0 Å². The summed E-state index contributed by atoms with van der Waals surface area (Å²) in [5, 5.41) is 2.89. The Balaban J connectivity index is 2.40. The Morgan fingerprint density at radius 1 is 1.21 bits per heavy atom. The fourth-order valence-electron chi connectivity index (χ4n) is 1.69. The van der Waals surface area contributed by atoms with Crippen molar-refractivity contribution in [2.75, 3.05) is 6.54 Å². The van der Waals surface area contributed by atoms with Gasteiger partial charge in [0.1, 0.15) is 5.75 Å². The van der Waals surface area contributed by atoms with Crippen molar-refractivity contribution in [1.82, 2.24) is 5.32 Å². The summed E-state index contributed by atoms with van der Waals surface area (Å²) >= 11 is 0. The molecular formula is C16H25NO2. The first kappa shape index (κ1) is 15.5. The monoisotopic (exact) mass is 263 g/mol. The summed E-state index contributed by atoms with van der Waals surface area (Å²) in [6, 6.07) is 7.88. The quantitative estimate of drug-likeness (QED) is 0.820. The maximum atomic E-state index is 11.8. The predicted octanol–water partition coefficient (Wildman–Crippen LogP) is 3.18. The zero-order valence-electron chi connectivity index (χ0n) is 12.4. The lowest BCUT2D eigenvalue weighted by molar-refractivity contribution is -0.127. The van der Waals surface area contributed by atoms with Crippen LogP contribution in [0.4, 0.5) is 0 Å². The van der Waals surface area contributed by atoms with Crippen molar-refractivity contribution in [2.45, 2.75) is 46.6 Å². The van der Waals surface area contributed by atoms with Gasteiger partial charge in [-0.05, 0) is 43.4 Å². The summed E-state index contributed by atoms with van der Waals surface area (Å²) in [6.07, 6.45) is 1.54. The maximum Gasteiger partial charge on any atom is 0.260 e. The van der Waals surface area contributed by atoms with Gasteiger partial charge in [0.25, 0.3) is 5.91 Å². The molecule has 0 aliphatic heterocycles. The summed E-state index contributed by atoms with van der Waals surface area (Å²) in [5.41, 5.74) is 1.27. The van der Waals surface area contributed by atoms with E-state index in [2.05, 4.69) is 26.1 Å². The van der Waals surface area contributed by atoms with Crippen LogP contribution in [0.25, 0.3) is 0 Å². The van der Waals surface area contributed by atoms with Gasteiger partial charge < -0.3 is 10.1 Å². The van der Waals surface area contributed by atoms with Crippen molar-refractivity contribution in [3.05, 3.63) is 29.8 Å². The second-order valence-corrected chi connectivity index (χ2v) is 5.23. The minimum atomic E-state index is -0.459. The van der Waals surface area contributed by atoms with E-state index in [1.54, 1.807) is 6.92 Å². The van der Waals surface area contributed by atoms with E-state index in [9.17, 15) is 4.79 Å². The van der Waals surface area contributed by atoms with Crippen LogP contribution < -0.4 is 10.1 Å². The SMILES string of the molecule is CCc1ccc(OC(C)C(=O)NCCC(C)C)cc1. The van der Waals surface area contributed by atoms with Crippen LogP contribution in [0.2, 0.25) is 0 Å². The average Bonchev–Trinajstić information content (AvgIpc) is 2.39. The molecule has 0 saturated carbocycles. The number of hydrogen-bond donors (Lipinski definition) is 1. The molecular weight excluding hydrogens is 238 g/mol. The number of carbonyl (C=O) groups excluding carboxylic acids is 1. The molecule has 0 spiro atoms. The Kier molecular flexibility index (Phi) is 6.40. The van der Waals surface area contributed by atoms with Crippen LogP contribution in [0.1, 0.15) is 39.7 Å². The molecule has 3 nitrogen and oxygen atoms in total. The number of amides is 1. The molecule has 0 aliphatic carbocycles. The highest BCUT2D eigenvalue weighted by Crippen LogP contribution is 2.14. The van der Waals surface area contributed by atoms with Gasteiger partial charge in [0, 0.05) is 6.54 Å². The number of benzene rings is 1. The Morgan fingerprint density at radius 3 is 2.37 bits per heavy atom. The molecule has 1 atom stereocenters. The van der Waals surface area contributed by atoms with E-state index in [0.717, 1.165) is 18.6 Å². The molecule has 1 unspecified atom stereocenters. The Labute approximate surface area is 116 Å². The molecule has 0 aliphatic rings. The van der Waals surface area contributed by atoms with Crippen LogP contribution in [0.3, 0.4) is 0 Å². The van der Waals surface area contributed by atoms with E-state index in [1.165, 1.54) is 5.56 Å². The third kappa shape index (κ3) is 5.77. The van der Waals surface area contributed by atoms with E-state index in [0.29, 0.717) is 12.5 Å². The molecule has 106 valence electrons. The molecule has 0 radical (unpaired) electrons. The number of carbonyl (C=O) groups is 1. The van der Waals surface area contributed by atoms with Crippen molar-refractivity contribution in [3.63, 3.8) is 0 Å². The summed E-state index contributed by atoms with van der Waals surface area (Å²) < 4.78 is 5.62. The molecule has 3 heteroatoms. The molecule has 1 amide bonds. The van der Waals surface area contributed by atoms with Crippen molar-refractivity contribution in [3.8, 4) is 5.75 Å². The highest BCUT2D eigenvalue weighted by molar-refractivity contribution is 5.80. The van der Waals surface area contributed by atoms with E-state index in [4.69, 9.17) is 4.74 Å². The first-order chi connectivity index (χ1) is 9.02. The van der Waals surface area contributed by atoms with Gasteiger partial charge in [0.2, 0.25) is 0 Å². The lowest BCUT2D eigenvalue weighted by atomic mass is 10.1. The van der Waals surface area contributed by atoms with Crippen molar-refractivity contribution < 1.29 is 9.53 Å². The smallest absolute Gasteiger partial charge is 0.260 e. The second kappa shape index (κ2) is 7.82. The molecule has 0 fully saturated rings. The fraction of sp³-hybridized carbons (Fsp3) is 0.562. The third-order valence-corrected chi connectivity index (χ3v) is 3.03. The minimum Gasteiger partial charge on any atom is -0.481 e. The number of aryl methyl sites for hydroxylation is 1. The number of hydrogen-bond acceptors (Lipinski definition) is 2. The average molecular weight is 263 g/mol. The Hall–Kier alpha value is -1.51. The molecule has 0 saturated heterocycles. The van der Waals surface area contributed by atoms with Crippen LogP contribution >= 0.6 is 0 Å². The zero-order chi connectivity index (χ0) is 14.3. The van der Waals surface area contributed by atoms with E-state index in [-0.39, 0.29) is 5.91 Å². The molecule has 0 heterocycles. The highest BCUT2D eigenvalue weighted by Gasteiger charge is 2.13. The van der Waals surface area contributed by atoms with Crippen LogP contribution in [-0.4, -0.2) is 18.6 Å². The predicted molar refractivity (Wildman–Crippen MR) is 78.4 cm³/mol. The molecule has 1 N–H and O–H groups in total. The minimum absolute atomic E-state index is 0.0554. The van der Waals surface area contributed by atoms with Gasteiger partial charge in [-0.25, -0.2) is 0 Å². The highest BCUT2D eigenvalue weighted by atomic mass is 16.5. The summed E-state index contributed by atoms with van der Waals surface area (Å²) in [7, 11) is 0. The topological polar surface area (TPSA) is 38.3 Å². The van der Waals surface area contributed by atoms with Crippen LogP contribution in [0.5, 0.6) is 5.75 Å². The largest absolute Gasteiger partial charge is 0.481 e. The standard InChI is InChI=1S/C16H25NO2/c1-5-14-6-8-15(9-7-14)19-13(4)16(18)17-11-10-12(2)3/h6-9,12-13H,5,10-11H2,1-4H3,(H,17,18). The second-order valence-electron chi connectivity index (χ2n) is 5.23. The fourth-order valence-corrected chi connectivity index (χ4v) is 1.69. The first-order valence-corrected chi connectivity index (χ1v) is 7.06. The Bertz CT molecular complexity index is 384. The molecule has 1 rings (SSSR count). The summed E-state index contributed by atoms with van der Waals surface area (Å²) in [5.74, 6) is 1.28. The lowest BCUT2D eigenvalue weighted by Crippen LogP contribution is -2.37. The van der Waals surface area contributed by atoms with Crippen molar-refractivity contribution in [1.29, 1.82) is 0 Å². The first-order valence-electron chi connectivity index (χ1n) is 7.06. The summed E-state index contributed by atoms with van der Waals surface area (Å²) in [4.78, 5) is 11.8. The Morgan fingerprint density at radius 2 is 1.84 bits per heavy atom. The van der Waals surface area contributed by atoms with Crippen molar-refractivity contribution in [2.24, 2.45) is 5.92 Å². The van der Waals surface area contributed by atoms with Crippen LogP contribution in [0, 0.1) is 5.92 Å². The van der Waals surface area contributed by atoms with E-state index >= 15 is 0 Å². The zero-order valence-corrected chi connectivity index (χ0v) is 12.4. The lowest BCUT2D eigenvalue weighted by Gasteiger charge is -2.15. The molecule has 0 aromatic heterocycles. The van der Waals surface area contributed by atoms with E-state index in [1.807, 2.05) is 24.3 Å². The third-order valence-electron chi connectivity index (χ3n) is 3.03. The van der Waals surface area contributed by atoms with Gasteiger partial charge in [-0.3, -0.25) is 4.79 Å². The molecule has 1 aromatic rings. The maximum absolute atomic E-state index is 11.8. The normalized spacial score (nSPS) is 12.3. The molecule has 1 aromatic carbocycles. The van der Waals surface area contributed by atoms with E-state index < -0.39 is 6.10 Å². The van der Waals surface area contributed by atoms with Gasteiger partial charge in [0.15, 0.2) is 6.10 Å². The molecule has 19 heavy (non-hydrogen) atoms. The van der Waals surface area contributed by atoms with Gasteiger partial charge in [-0.1, -0.05) is 32.9 Å². The van der Waals surface area contributed by atoms with Crippen LogP contribution in [-0.2, 0) is 11.2 Å². The summed E-state index contributed by atoms with van der Waals surface area (Å²) in [6.45, 7) is 8.88. The van der Waals surface area contributed by atoms with Crippen LogP contribution in [0.15, 0.2) is 24.3 Å². The van der Waals surface area contributed by atoms with Gasteiger partial charge in [0.05, 0.1) is 0 Å².